The van der Waals surface area contributed by atoms with Gasteiger partial charge in [-0.15, -0.1) is 0 Å². The predicted molar refractivity (Wildman–Crippen MR) is 112 cm³/mol. The number of hydrogen-bond acceptors (Lipinski definition) is 4. The molecule has 1 unspecified atom stereocenters. The number of amides is 1. The highest BCUT2D eigenvalue weighted by molar-refractivity contribution is 5.76. The van der Waals surface area contributed by atoms with Crippen LogP contribution in [0.5, 0.6) is 0 Å². The third-order valence-corrected chi connectivity index (χ3v) is 6.04. The third kappa shape index (κ3) is 4.36. The summed E-state index contributed by atoms with van der Waals surface area (Å²) in [6, 6.07) is 15.3. The van der Waals surface area contributed by atoms with Gasteiger partial charge in [0.2, 0.25) is 5.91 Å². The zero-order chi connectivity index (χ0) is 19.3. The van der Waals surface area contributed by atoms with E-state index in [-0.39, 0.29) is 5.91 Å². The highest BCUT2D eigenvalue weighted by atomic mass is 16.2. The van der Waals surface area contributed by atoms with E-state index in [4.69, 9.17) is 0 Å². The van der Waals surface area contributed by atoms with Crippen LogP contribution in [-0.2, 0) is 4.79 Å². The lowest BCUT2D eigenvalue weighted by Gasteiger charge is -2.36. The van der Waals surface area contributed by atoms with Crippen molar-refractivity contribution in [3.05, 3.63) is 59.8 Å². The summed E-state index contributed by atoms with van der Waals surface area (Å²) in [7, 11) is 0. The van der Waals surface area contributed by atoms with E-state index in [1.807, 2.05) is 29.3 Å². The number of hydrogen-bond donors (Lipinski definition) is 0. The average Bonchev–Trinajstić information content (AvgIpc) is 3.22. The molecule has 1 amide bonds. The van der Waals surface area contributed by atoms with Crippen molar-refractivity contribution in [2.24, 2.45) is 0 Å². The fourth-order valence-electron chi connectivity index (χ4n) is 4.38. The zero-order valence-corrected chi connectivity index (χ0v) is 16.8. The molecule has 1 aromatic carbocycles. The minimum Gasteiger partial charge on any atom is -0.353 e. The first-order chi connectivity index (χ1) is 13.7. The molecule has 0 N–H and O–H groups in total. The molecule has 1 atom stereocenters. The van der Waals surface area contributed by atoms with Gasteiger partial charge in [0.1, 0.15) is 5.82 Å². The largest absolute Gasteiger partial charge is 0.353 e. The van der Waals surface area contributed by atoms with E-state index >= 15 is 0 Å². The number of likely N-dealkylation sites (tertiary alicyclic amines) is 1. The van der Waals surface area contributed by atoms with Gasteiger partial charge in [0.05, 0.1) is 0 Å². The first-order valence-corrected chi connectivity index (χ1v) is 10.4. The Labute approximate surface area is 168 Å². The van der Waals surface area contributed by atoms with Gasteiger partial charge in [-0.2, -0.15) is 0 Å². The minimum atomic E-state index is 0.287. The maximum absolute atomic E-state index is 12.8. The first kappa shape index (κ1) is 18.9. The van der Waals surface area contributed by atoms with Crippen molar-refractivity contribution < 1.29 is 4.79 Å². The quantitative estimate of drug-likeness (QED) is 0.801. The monoisotopic (exact) mass is 378 g/mol. The van der Waals surface area contributed by atoms with Crippen LogP contribution in [-0.4, -0.2) is 60.0 Å². The fourth-order valence-corrected chi connectivity index (χ4v) is 4.38. The van der Waals surface area contributed by atoms with Gasteiger partial charge in [-0.25, -0.2) is 4.98 Å². The lowest BCUT2D eigenvalue weighted by Crippen LogP contribution is -2.49. The maximum atomic E-state index is 12.8. The number of carbonyl (C=O) groups is 1. The van der Waals surface area contributed by atoms with Gasteiger partial charge in [0.15, 0.2) is 0 Å². The highest BCUT2D eigenvalue weighted by Gasteiger charge is 2.27. The molecule has 3 heterocycles. The van der Waals surface area contributed by atoms with Crippen molar-refractivity contribution in [2.45, 2.75) is 32.2 Å². The zero-order valence-electron chi connectivity index (χ0n) is 16.8. The average molecular weight is 379 g/mol. The lowest BCUT2D eigenvalue weighted by atomic mass is 10.0. The summed E-state index contributed by atoms with van der Waals surface area (Å²) >= 11 is 0. The number of rotatable bonds is 5. The van der Waals surface area contributed by atoms with Crippen molar-refractivity contribution in [1.82, 2.24) is 14.8 Å². The van der Waals surface area contributed by atoms with Crippen LogP contribution < -0.4 is 4.90 Å². The molecule has 0 bridgehead atoms. The van der Waals surface area contributed by atoms with E-state index in [9.17, 15) is 4.79 Å². The molecule has 0 aliphatic carbocycles. The Bertz CT molecular complexity index is 769. The van der Waals surface area contributed by atoms with Crippen LogP contribution in [0.2, 0.25) is 0 Å². The summed E-state index contributed by atoms with van der Waals surface area (Å²) in [6.07, 6.45) is 4.86. The number of aryl methyl sites for hydroxylation is 1. The number of nitrogens with zero attached hydrogens (tertiary/aromatic N) is 4. The van der Waals surface area contributed by atoms with Crippen LogP contribution in [0.15, 0.2) is 48.7 Å². The van der Waals surface area contributed by atoms with E-state index in [2.05, 4.69) is 46.0 Å². The fraction of sp³-hybridized carbons (Fsp3) is 0.478. The highest BCUT2D eigenvalue weighted by Crippen LogP contribution is 2.32. The molecule has 28 heavy (non-hydrogen) atoms. The number of anilines is 1. The number of carbonyl (C=O) groups excluding carboxylic acids is 1. The molecular formula is C23H30N4O. The molecule has 2 aliphatic rings. The van der Waals surface area contributed by atoms with Crippen molar-refractivity contribution in [3.63, 3.8) is 0 Å². The van der Waals surface area contributed by atoms with Crippen LogP contribution in [0.1, 0.15) is 36.4 Å². The van der Waals surface area contributed by atoms with Crippen LogP contribution in [0.4, 0.5) is 5.82 Å². The second kappa shape index (κ2) is 8.74. The molecular weight excluding hydrogens is 348 g/mol. The van der Waals surface area contributed by atoms with Gasteiger partial charge in [-0.05, 0) is 44.0 Å². The number of aromatic nitrogens is 1. The number of piperazine rings is 1. The summed E-state index contributed by atoms with van der Waals surface area (Å²) in [5, 5.41) is 0. The molecule has 0 saturated carbocycles. The normalized spacial score (nSPS) is 20.5. The van der Waals surface area contributed by atoms with Crippen molar-refractivity contribution >= 4 is 11.7 Å². The molecule has 2 aliphatic heterocycles. The van der Waals surface area contributed by atoms with Gasteiger partial charge in [0.25, 0.3) is 0 Å². The van der Waals surface area contributed by atoms with E-state index in [1.165, 1.54) is 24.0 Å². The van der Waals surface area contributed by atoms with Gasteiger partial charge in [-0.3, -0.25) is 9.69 Å². The smallest absolute Gasteiger partial charge is 0.223 e. The summed E-state index contributed by atoms with van der Waals surface area (Å²) in [6.45, 7) is 7.38. The molecule has 2 fully saturated rings. The maximum Gasteiger partial charge on any atom is 0.223 e. The van der Waals surface area contributed by atoms with Gasteiger partial charge >= 0.3 is 0 Å². The molecule has 1 aromatic heterocycles. The van der Waals surface area contributed by atoms with E-state index in [0.717, 1.165) is 45.1 Å². The van der Waals surface area contributed by atoms with Crippen molar-refractivity contribution in [3.8, 4) is 0 Å². The topological polar surface area (TPSA) is 39.7 Å². The van der Waals surface area contributed by atoms with E-state index in [0.29, 0.717) is 12.5 Å². The van der Waals surface area contributed by atoms with Crippen LogP contribution in [0.3, 0.4) is 0 Å². The second-order valence-corrected chi connectivity index (χ2v) is 7.91. The van der Waals surface area contributed by atoms with Crippen LogP contribution in [0, 0.1) is 6.92 Å². The Balaban J connectivity index is 1.27. The molecule has 5 heteroatoms. The molecule has 5 nitrogen and oxygen atoms in total. The Morgan fingerprint density at radius 1 is 1.04 bits per heavy atom. The summed E-state index contributed by atoms with van der Waals surface area (Å²) < 4.78 is 0. The lowest BCUT2D eigenvalue weighted by molar-refractivity contribution is -0.131. The summed E-state index contributed by atoms with van der Waals surface area (Å²) in [4.78, 5) is 23.9. The van der Waals surface area contributed by atoms with Gasteiger partial charge in [0, 0.05) is 51.4 Å². The summed E-state index contributed by atoms with van der Waals surface area (Å²) in [5.41, 5.74) is 2.69. The van der Waals surface area contributed by atoms with Gasteiger partial charge < -0.3 is 9.80 Å². The Morgan fingerprint density at radius 2 is 1.82 bits per heavy atom. The Morgan fingerprint density at radius 3 is 2.54 bits per heavy atom. The third-order valence-electron chi connectivity index (χ3n) is 6.04. The number of benzene rings is 1. The SMILES string of the molecule is Cc1ccc(C2CCCN2CCC(=O)N2CCN(c3ccccn3)CC2)cc1. The molecule has 2 aromatic rings. The van der Waals surface area contributed by atoms with Crippen molar-refractivity contribution in [2.75, 3.05) is 44.2 Å². The van der Waals surface area contributed by atoms with E-state index < -0.39 is 0 Å². The van der Waals surface area contributed by atoms with Gasteiger partial charge in [-0.1, -0.05) is 35.9 Å². The molecule has 0 radical (unpaired) electrons. The predicted octanol–water partition coefficient (Wildman–Crippen LogP) is 3.27. The van der Waals surface area contributed by atoms with Crippen LogP contribution >= 0.6 is 0 Å². The minimum absolute atomic E-state index is 0.287. The standard InChI is InChI=1S/C23H30N4O/c1-19-7-9-20(10-8-19)21-5-4-13-25(21)14-11-23(28)27-17-15-26(16-18-27)22-6-2-3-12-24-22/h2-3,6-10,12,21H,4-5,11,13-18H2,1H3. The molecule has 0 spiro atoms. The first-order valence-electron chi connectivity index (χ1n) is 10.4. The molecule has 4 rings (SSSR count). The van der Waals surface area contributed by atoms with Crippen LogP contribution in [0.25, 0.3) is 0 Å². The summed E-state index contributed by atoms with van der Waals surface area (Å²) in [5.74, 6) is 1.29. The Hall–Kier alpha value is -2.40. The second-order valence-electron chi connectivity index (χ2n) is 7.91. The molecule has 148 valence electrons. The van der Waals surface area contributed by atoms with Crippen molar-refractivity contribution in [1.29, 1.82) is 0 Å². The Kier molecular flexibility index (Phi) is 5.91. The van der Waals surface area contributed by atoms with E-state index in [1.54, 1.807) is 0 Å². The number of pyridine rings is 1. The molecule has 2 saturated heterocycles.